The molecule has 1 aromatic carbocycles. The first-order valence-corrected chi connectivity index (χ1v) is 10.7. The van der Waals surface area contributed by atoms with Crippen molar-refractivity contribution in [1.82, 2.24) is 10.2 Å². The van der Waals surface area contributed by atoms with Gasteiger partial charge in [-0.05, 0) is 56.9 Å². The molecule has 2 aliphatic rings. The van der Waals surface area contributed by atoms with Gasteiger partial charge in [-0.3, -0.25) is 14.3 Å². The van der Waals surface area contributed by atoms with Crippen LogP contribution in [0.25, 0.3) is 0 Å². The van der Waals surface area contributed by atoms with E-state index in [1.807, 2.05) is 0 Å². The fourth-order valence-electron chi connectivity index (χ4n) is 3.04. The molecule has 0 radical (unpaired) electrons. The van der Waals surface area contributed by atoms with E-state index < -0.39 is 10.0 Å². The summed E-state index contributed by atoms with van der Waals surface area (Å²) in [6, 6.07) is 6.73. The standard InChI is InChI=1S/C18H25N3O4S/c1-2-26(24,25)20-16-7-5-13(6-8-16)18(23)21-11-3-4-14(12-21)17(22)19-15-9-10-15/h5-8,14-15,20H,2-4,9-12H2,1H3,(H,19,22). The van der Waals surface area contributed by atoms with Crippen LogP contribution in [-0.2, 0) is 14.8 Å². The molecule has 1 saturated carbocycles. The van der Waals surface area contributed by atoms with Crippen LogP contribution < -0.4 is 10.0 Å². The Labute approximate surface area is 154 Å². The highest BCUT2D eigenvalue weighted by atomic mass is 32.2. The van der Waals surface area contributed by atoms with Crippen molar-refractivity contribution in [3.63, 3.8) is 0 Å². The van der Waals surface area contributed by atoms with Gasteiger partial charge in [-0.1, -0.05) is 0 Å². The van der Waals surface area contributed by atoms with Gasteiger partial charge in [-0.15, -0.1) is 0 Å². The quantitative estimate of drug-likeness (QED) is 0.784. The molecule has 0 spiro atoms. The number of carbonyl (C=O) groups is 2. The molecule has 0 bridgehead atoms. The van der Waals surface area contributed by atoms with Crippen molar-refractivity contribution in [2.45, 2.75) is 38.6 Å². The third-order valence-electron chi connectivity index (χ3n) is 4.79. The van der Waals surface area contributed by atoms with Gasteiger partial charge in [0.1, 0.15) is 0 Å². The van der Waals surface area contributed by atoms with Crippen LogP contribution >= 0.6 is 0 Å². The van der Waals surface area contributed by atoms with Crippen molar-refractivity contribution < 1.29 is 18.0 Å². The summed E-state index contributed by atoms with van der Waals surface area (Å²) >= 11 is 0. The molecule has 2 N–H and O–H groups in total. The van der Waals surface area contributed by atoms with Crippen LogP contribution in [-0.4, -0.2) is 50.0 Å². The smallest absolute Gasteiger partial charge is 0.253 e. The van der Waals surface area contributed by atoms with E-state index in [9.17, 15) is 18.0 Å². The number of anilines is 1. The Kier molecular flexibility index (Phi) is 5.50. The van der Waals surface area contributed by atoms with E-state index >= 15 is 0 Å². The van der Waals surface area contributed by atoms with Crippen LogP contribution in [0.2, 0.25) is 0 Å². The van der Waals surface area contributed by atoms with E-state index in [4.69, 9.17) is 0 Å². The number of piperidine rings is 1. The second-order valence-corrected chi connectivity index (χ2v) is 8.97. The van der Waals surface area contributed by atoms with Crippen molar-refractivity contribution in [2.24, 2.45) is 5.92 Å². The van der Waals surface area contributed by atoms with Crippen LogP contribution in [0.3, 0.4) is 0 Å². The monoisotopic (exact) mass is 379 g/mol. The summed E-state index contributed by atoms with van der Waals surface area (Å²) in [5.41, 5.74) is 0.927. The maximum absolute atomic E-state index is 12.7. The Hall–Kier alpha value is -2.09. The summed E-state index contributed by atoms with van der Waals surface area (Å²) in [5.74, 6) is -0.233. The van der Waals surface area contributed by atoms with Gasteiger partial charge < -0.3 is 10.2 Å². The third-order valence-corrected chi connectivity index (χ3v) is 6.10. The van der Waals surface area contributed by atoms with Crippen LogP contribution in [0.5, 0.6) is 0 Å². The molecule has 8 heteroatoms. The lowest BCUT2D eigenvalue weighted by Crippen LogP contribution is -2.45. The highest BCUT2D eigenvalue weighted by Crippen LogP contribution is 2.23. The first-order valence-electron chi connectivity index (χ1n) is 9.08. The molecule has 1 atom stereocenters. The molecule has 1 heterocycles. The van der Waals surface area contributed by atoms with Crippen LogP contribution in [0.15, 0.2) is 24.3 Å². The Morgan fingerprint density at radius 2 is 1.85 bits per heavy atom. The SMILES string of the molecule is CCS(=O)(=O)Nc1ccc(C(=O)N2CCCC(C(=O)NC3CC3)C2)cc1. The molecule has 1 aliphatic carbocycles. The number of sulfonamides is 1. The van der Waals surface area contributed by atoms with Crippen molar-refractivity contribution >= 4 is 27.5 Å². The topological polar surface area (TPSA) is 95.6 Å². The number of hydrogen-bond acceptors (Lipinski definition) is 4. The molecule has 1 saturated heterocycles. The minimum Gasteiger partial charge on any atom is -0.353 e. The summed E-state index contributed by atoms with van der Waals surface area (Å²) < 4.78 is 25.6. The van der Waals surface area contributed by atoms with E-state index in [1.54, 1.807) is 36.1 Å². The van der Waals surface area contributed by atoms with E-state index in [-0.39, 0.29) is 23.5 Å². The summed E-state index contributed by atoms with van der Waals surface area (Å²) in [7, 11) is -3.34. The molecule has 142 valence electrons. The van der Waals surface area contributed by atoms with Crippen LogP contribution in [0.1, 0.15) is 43.0 Å². The average molecular weight is 379 g/mol. The van der Waals surface area contributed by atoms with E-state index in [2.05, 4.69) is 10.0 Å². The van der Waals surface area contributed by atoms with E-state index in [0.717, 1.165) is 25.7 Å². The first-order chi connectivity index (χ1) is 12.4. The molecular weight excluding hydrogens is 354 g/mol. The lowest BCUT2D eigenvalue weighted by atomic mass is 9.96. The second kappa shape index (κ2) is 7.65. The number of benzene rings is 1. The molecule has 26 heavy (non-hydrogen) atoms. The fourth-order valence-corrected chi connectivity index (χ4v) is 3.68. The molecule has 0 aromatic heterocycles. The molecule has 1 aromatic rings. The molecule has 2 amide bonds. The van der Waals surface area contributed by atoms with Crippen LogP contribution in [0, 0.1) is 5.92 Å². The Morgan fingerprint density at radius 3 is 2.46 bits per heavy atom. The van der Waals surface area contributed by atoms with Crippen molar-refractivity contribution in [1.29, 1.82) is 0 Å². The number of rotatable bonds is 6. The van der Waals surface area contributed by atoms with Gasteiger partial charge >= 0.3 is 0 Å². The van der Waals surface area contributed by atoms with Gasteiger partial charge in [0.05, 0.1) is 11.7 Å². The number of nitrogens with zero attached hydrogens (tertiary/aromatic N) is 1. The minimum absolute atomic E-state index is 0.00817. The maximum Gasteiger partial charge on any atom is 0.253 e. The van der Waals surface area contributed by atoms with Crippen molar-refractivity contribution in [2.75, 3.05) is 23.6 Å². The lowest BCUT2D eigenvalue weighted by molar-refractivity contribution is -0.126. The fraction of sp³-hybridized carbons (Fsp3) is 0.556. The lowest BCUT2D eigenvalue weighted by Gasteiger charge is -2.32. The number of nitrogens with one attached hydrogen (secondary N) is 2. The van der Waals surface area contributed by atoms with Gasteiger partial charge in [0.2, 0.25) is 15.9 Å². The van der Waals surface area contributed by atoms with Gasteiger partial charge in [0, 0.05) is 30.4 Å². The van der Waals surface area contributed by atoms with Gasteiger partial charge in [-0.2, -0.15) is 0 Å². The number of likely N-dealkylation sites (tertiary alicyclic amines) is 1. The molecule has 3 rings (SSSR count). The molecule has 1 aliphatic heterocycles. The summed E-state index contributed by atoms with van der Waals surface area (Å²) in [5, 5.41) is 3.02. The molecule has 2 fully saturated rings. The summed E-state index contributed by atoms with van der Waals surface area (Å²) in [4.78, 5) is 26.7. The van der Waals surface area contributed by atoms with Gasteiger partial charge in [0.15, 0.2) is 0 Å². The van der Waals surface area contributed by atoms with Crippen molar-refractivity contribution in [3.05, 3.63) is 29.8 Å². The Bertz CT molecular complexity index is 772. The first kappa shape index (κ1) is 18.7. The zero-order valence-electron chi connectivity index (χ0n) is 14.9. The largest absolute Gasteiger partial charge is 0.353 e. The Morgan fingerprint density at radius 1 is 1.15 bits per heavy atom. The zero-order valence-corrected chi connectivity index (χ0v) is 15.7. The molecular formula is C18H25N3O4S. The maximum atomic E-state index is 12.7. The predicted octanol–water partition coefficient (Wildman–Crippen LogP) is 1.58. The minimum atomic E-state index is -3.34. The summed E-state index contributed by atoms with van der Waals surface area (Å²) in [6.45, 7) is 2.63. The van der Waals surface area contributed by atoms with Gasteiger partial charge in [-0.25, -0.2) is 8.42 Å². The number of amides is 2. The van der Waals surface area contributed by atoms with E-state index in [1.165, 1.54) is 0 Å². The second-order valence-electron chi connectivity index (χ2n) is 6.96. The Balaban J connectivity index is 1.61. The van der Waals surface area contributed by atoms with E-state index in [0.29, 0.717) is 30.4 Å². The highest BCUT2D eigenvalue weighted by molar-refractivity contribution is 7.92. The molecule has 7 nitrogen and oxygen atoms in total. The predicted molar refractivity (Wildman–Crippen MR) is 99.3 cm³/mol. The zero-order chi connectivity index (χ0) is 18.7. The van der Waals surface area contributed by atoms with Gasteiger partial charge in [0.25, 0.3) is 5.91 Å². The summed E-state index contributed by atoms with van der Waals surface area (Å²) in [6.07, 6.45) is 3.72. The van der Waals surface area contributed by atoms with Crippen LogP contribution in [0.4, 0.5) is 5.69 Å². The average Bonchev–Trinajstić information content (AvgIpc) is 3.45. The molecule has 1 unspecified atom stereocenters. The third kappa shape index (κ3) is 4.75. The number of carbonyl (C=O) groups excluding carboxylic acids is 2. The van der Waals surface area contributed by atoms with Crippen molar-refractivity contribution in [3.8, 4) is 0 Å². The number of hydrogen-bond donors (Lipinski definition) is 2. The highest BCUT2D eigenvalue weighted by Gasteiger charge is 2.32. The normalized spacial score (nSPS) is 20.5.